The van der Waals surface area contributed by atoms with E-state index in [9.17, 15) is 13.6 Å². The molecule has 0 aliphatic carbocycles. The zero-order valence-corrected chi connectivity index (χ0v) is 7.95. The fraction of sp³-hybridized carbons (Fsp3) is 0.750. The van der Waals surface area contributed by atoms with E-state index in [2.05, 4.69) is 4.74 Å². The van der Waals surface area contributed by atoms with Crippen molar-refractivity contribution >= 4 is 5.97 Å². The summed E-state index contributed by atoms with van der Waals surface area (Å²) in [5, 5.41) is 0. The van der Waals surface area contributed by atoms with Crippen molar-refractivity contribution in [3.63, 3.8) is 0 Å². The van der Waals surface area contributed by atoms with Crippen molar-refractivity contribution in [2.24, 2.45) is 0 Å². The Morgan fingerprint density at radius 1 is 1.78 bits per heavy atom. The first-order valence-corrected chi connectivity index (χ1v) is 3.87. The van der Waals surface area contributed by atoms with Crippen molar-refractivity contribution in [2.75, 3.05) is 6.61 Å². The maximum absolute atomic E-state index is 11.9. The molecule has 0 spiro atoms. The molecule has 0 aromatic rings. The van der Waals surface area contributed by atoms with Crippen LogP contribution in [-0.4, -0.2) is 17.1 Å². The van der Waals surface area contributed by atoms with Crippen LogP contribution in [0.4, 0.5) is 8.78 Å². The number of alkyl halides is 2. The summed E-state index contributed by atoms with van der Waals surface area (Å²) in [5.41, 5.74) is 0. The monoisotopic (exact) mass is 187 g/mol. The number of ether oxygens (including phenoxy) is 1. The van der Waals surface area contributed by atoms with Crippen molar-refractivity contribution in [1.29, 1.82) is 0 Å². The molecule has 0 aromatic carbocycles. The minimum absolute atomic E-state index is 0.00836. The molecule has 0 saturated heterocycles. The van der Waals surface area contributed by atoms with Crippen molar-refractivity contribution in [1.82, 2.24) is 0 Å². The summed E-state index contributed by atoms with van der Waals surface area (Å²) in [6.07, 6.45) is 0. The third-order valence-corrected chi connectivity index (χ3v) is 1.18. The van der Waals surface area contributed by atoms with E-state index in [-0.39, 0.29) is 24.9 Å². The zero-order valence-electron chi connectivity index (χ0n) is 4.99. The van der Waals surface area contributed by atoms with Crippen LogP contribution < -0.4 is 0 Å². The quantitative estimate of drug-likeness (QED) is 0.471. The molecule has 49 valence electrons. The van der Waals surface area contributed by atoms with Crippen LogP contribution in [0.15, 0.2) is 0 Å². The molecule has 0 atom stereocenters. The summed E-state index contributed by atoms with van der Waals surface area (Å²) < 4.78 is 24.6. The average Bonchev–Trinajstić information content (AvgIpc) is 1.64. The van der Waals surface area contributed by atoms with Crippen LogP contribution in [0.5, 0.6) is 0 Å². The molecular formula is C4H5F2O2Zn. The van der Waals surface area contributed by atoms with Crippen molar-refractivity contribution in [3.05, 3.63) is 0 Å². The Hall–Kier alpha value is -0.0466. The predicted molar refractivity (Wildman–Crippen MR) is 21.6 cm³/mol. The Morgan fingerprint density at radius 3 is 2.33 bits per heavy atom. The maximum atomic E-state index is 11.9. The van der Waals surface area contributed by atoms with Crippen LogP contribution in [0, 0.1) is 0 Å². The number of esters is 1. The number of halogens is 2. The fourth-order valence-corrected chi connectivity index (χ4v) is 0.451. The molecule has 0 unspecified atom stereocenters. The molecule has 0 N–H and O–H groups in total. The van der Waals surface area contributed by atoms with E-state index < -0.39 is 10.5 Å². The van der Waals surface area contributed by atoms with Crippen LogP contribution in [0.25, 0.3) is 0 Å². The molecule has 0 bridgehead atoms. The van der Waals surface area contributed by atoms with Crippen LogP contribution in [0.2, 0.25) is 0 Å². The average molecular weight is 188 g/mol. The third-order valence-electron chi connectivity index (χ3n) is 0.574. The van der Waals surface area contributed by atoms with Crippen LogP contribution >= 0.6 is 0 Å². The Labute approximate surface area is 61.2 Å². The number of rotatable bonds is 2. The van der Waals surface area contributed by atoms with E-state index in [1.54, 1.807) is 0 Å². The first-order chi connectivity index (χ1) is 3.98. The van der Waals surface area contributed by atoms with Gasteiger partial charge < -0.3 is 0 Å². The van der Waals surface area contributed by atoms with Gasteiger partial charge in [-0.05, 0) is 0 Å². The van der Waals surface area contributed by atoms with Gasteiger partial charge in [0.15, 0.2) is 0 Å². The van der Waals surface area contributed by atoms with Gasteiger partial charge in [-0.25, -0.2) is 0 Å². The van der Waals surface area contributed by atoms with Crippen LogP contribution in [0.3, 0.4) is 0 Å². The molecule has 0 aromatic heterocycles. The van der Waals surface area contributed by atoms with Gasteiger partial charge in [-0.2, -0.15) is 0 Å². The summed E-state index contributed by atoms with van der Waals surface area (Å²) in [7, 11) is 0. The Bertz CT molecular complexity index is 110. The number of carbonyl (C=O) groups is 1. The van der Waals surface area contributed by atoms with Gasteiger partial charge >= 0.3 is 60.6 Å². The van der Waals surface area contributed by atoms with E-state index in [0.29, 0.717) is 0 Å². The van der Waals surface area contributed by atoms with Crippen LogP contribution in [-0.2, 0) is 27.8 Å². The molecule has 9 heavy (non-hydrogen) atoms. The second-order valence-corrected chi connectivity index (χ2v) is 3.29. The first kappa shape index (κ1) is 8.95. The molecule has 0 aliphatic heterocycles. The Morgan fingerprint density at radius 2 is 2.22 bits per heavy atom. The summed E-state index contributed by atoms with van der Waals surface area (Å²) in [6.45, 7) is 1.50. The van der Waals surface area contributed by atoms with E-state index in [4.69, 9.17) is 0 Å². The summed E-state index contributed by atoms with van der Waals surface area (Å²) in [6, 6.07) is 0. The normalized spacial score (nSPS) is 11.2. The van der Waals surface area contributed by atoms with Gasteiger partial charge in [0.2, 0.25) is 0 Å². The predicted octanol–water partition coefficient (Wildman–Crippen LogP) is 0.689. The van der Waals surface area contributed by atoms with Gasteiger partial charge in [-0.15, -0.1) is 0 Å². The van der Waals surface area contributed by atoms with E-state index in [1.807, 2.05) is 0 Å². The van der Waals surface area contributed by atoms with Gasteiger partial charge in [0, 0.05) is 0 Å². The summed E-state index contributed by atoms with van der Waals surface area (Å²) >= 11 is -0.383. The van der Waals surface area contributed by atoms with E-state index >= 15 is 0 Å². The summed E-state index contributed by atoms with van der Waals surface area (Å²) in [4.78, 5) is 10.1. The molecule has 0 rings (SSSR count). The molecule has 2 nitrogen and oxygen atoms in total. The molecule has 5 heteroatoms. The number of hydrogen-bond acceptors (Lipinski definition) is 2. The standard InChI is InChI=1S/C4H5F2O2.Zn/c1-2-8-4(7)3(5)6;/h2H2,1H3;. The topological polar surface area (TPSA) is 26.3 Å². The first-order valence-electron chi connectivity index (χ1n) is 2.39. The van der Waals surface area contributed by atoms with Crippen molar-refractivity contribution in [3.8, 4) is 0 Å². The van der Waals surface area contributed by atoms with Crippen LogP contribution in [0.1, 0.15) is 6.92 Å². The molecule has 0 saturated carbocycles. The van der Waals surface area contributed by atoms with E-state index in [1.165, 1.54) is 6.92 Å². The van der Waals surface area contributed by atoms with E-state index in [0.717, 1.165) is 0 Å². The van der Waals surface area contributed by atoms with Gasteiger partial charge in [0.05, 0.1) is 0 Å². The van der Waals surface area contributed by atoms with Gasteiger partial charge in [-0.3, -0.25) is 0 Å². The summed E-state index contributed by atoms with van der Waals surface area (Å²) in [5.74, 6) is -1.41. The van der Waals surface area contributed by atoms with Gasteiger partial charge in [-0.1, -0.05) is 0 Å². The van der Waals surface area contributed by atoms with Crippen molar-refractivity contribution < 1.29 is 36.6 Å². The molecule has 0 heterocycles. The van der Waals surface area contributed by atoms with Gasteiger partial charge in [0.25, 0.3) is 0 Å². The molecule has 0 radical (unpaired) electrons. The number of hydrogen-bond donors (Lipinski definition) is 0. The zero-order chi connectivity index (χ0) is 7.49. The number of carbonyl (C=O) groups excluding carboxylic acids is 1. The second kappa shape index (κ2) is 3.21. The molecule has 0 aliphatic rings. The molecular weight excluding hydrogens is 183 g/mol. The SMILES string of the molecule is CCOC(=O)[C](F)(F)[Zn]. The second-order valence-electron chi connectivity index (χ2n) is 1.42. The third kappa shape index (κ3) is 3.52. The Kier molecular flexibility index (Phi) is 3.19. The fourth-order valence-electron chi connectivity index (χ4n) is 0.237. The molecule has 0 fully saturated rings. The van der Waals surface area contributed by atoms with Gasteiger partial charge in [0.1, 0.15) is 0 Å². The van der Waals surface area contributed by atoms with Crippen molar-refractivity contribution in [2.45, 2.75) is 11.4 Å². The molecule has 0 amide bonds. The Balaban J connectivity index is 3.74. The minimum atomic E-state index is -3.23.